The van der Waals surface area contributed by atoms with Crippen LogP contribution in [0.3, 0.4) is 0 Å². The molecule has 2 aromatic rings. The van der Waals surface area contributed by atoms with Gasteiger partial charge in [-0.25, -0.2) is 0 Å². The Hall–Kier alpha value is -2.10. The van der Waals surface area contributed by atoms with E-state index in [2.05, 4.69) is 5.32 Å². The fourth-order valence-electron chi connectivity index (χ4n) is 2.32. The molecule has 0 saturated heterocycles. The number of aromatic nitrogens is 1. The first-order chi connectivity index (χ1) is 9.04. The Labute approximate surface area is 112 Å². The van der Waals surface area contributed by atoms with E-state index in [0.717, 1.165) is 22.9 Å². The molecule has 19 heavy (non-hydrogen) atoms. The van der Waals surface area contributed by atoms with Crippen molar-refractivity contribution in [1.29, 1.82) is 0 Å². The minimum atomic E-state index is -0.0451. The fourth-order valence-corrected chi connectivity index (χ4v) is 2.32. The second kappa shape index (κ2) is 5.26. The molecule has 0 unspecified atom stereocenters. The van der Waals surface area contributed by atoms with Crippen molar-refractivity contribution in [3.63, 3.8) is 0 Å². The summed E-state index contributed by atoms with van der Waals surface area (Å²) in [5, 5.41) is 3.76. The summed E-state index contributed by atoms with van der Waals surface area (Å²) in [6, 6.07) is 7.75. The summed E-state index contributed by atoms with van der Waals surface area (Å²) >= 11 is 0. The minimum absolute atomic E-state index is 0.0451. The first-order valence-corrected chi connectivity index (χ1v) is 6.37. The van der Waals surface area contributed by atoms with E-state index >= 15 is 0 Å². The zero-order chi connectivity index (χ0) is 14.0. The smallest absolute Gasteiger partial charge is 0.240 e. The molecule has 0 fully saturated rings. The summed E-state index contributed by atoms with van der Waals surface area (Å²) < 4.78 is 1.89. The van der Waals surface area contributed by atoms with Crippen molar-refractivity contribution in [1.82, 2.24) is 9.88 Å². The molecule has 1 amide bonds. The molecule has 0 aliphatic rings. The van der Waals surface area contributed by atoms with Crippen LogP contribution in [-0.4, -0.2) is 22.8 Å². The Kier molecular flexibility index (Phi) is 3.69. The number of benzene rings is 1. The topological polar surface area (TPSA) is 51.1 Å². The van der Waals surface area contributed by atoms with Gasteiger partial charge in [-0.05, 0) is 26.8 Å². The molecule has 0 aliphatic heterocycles. The first kappa shape index (κ1) is 13.3. The molecule has 1 aromatic heterocycles. The van der Waals surface area contributed by atoms with Gasteiger partial charge in [0.1, 0.15) is 6.54 Å². The lowest BCUT2D eigenvalue weighted by Gasteiger charge is -2.11. The second-order valence-electron chi connectivity index (χ2n) is 4.94. The molecular formula is C15H18N2O2. The van der Waals surface area contributed by atoms with Crippen LogP contribution in [-0.2, 0) is 11.3 Å². The quantitative estimate of drug-likeness (QED) is 0.855. The molecule has 0 spiro atoms. The number of amides is 1. The molecular weight excluding hydrogens is 240 g/mol. The Balaban J connectivity index is 2.45. The lowest BCUT2D eigenvalue weighted by atomic mass is 10.1. The number of fused-ring (bicyclic) bond motifs is 1. The first-order valence-electron chi connectivity index (χ1n) is 6.37. The van der Waals surface area contributed by atoms with Gasteiger partial charge < -0.3 is 9.88 Å². The number of carbonyl (C=O) groups is 2. The van der Waals surface area contributed by atoms with Crippen LogP contribution >= 0.6 is 0 Å². The molecule has 2 rings (SSSR count). The standard InChI is InChI=1S/C15H18N2O2/c1-10(2)16-15(19)8-17-11(3)13(9-18)12-6-4-5-7-14(12)17/h4-7,9-10H,8H2,1-3H3,(H,16,19). The molecule has 1 N–H and O–H groups in total. The van der Waals surface area contributed by atoms with Crippen molar-refractivity contribution in [3.05, 3.63) is 35.5 Å². The van der Waals surface area contributed by atoms with Crippen LogP contribution in [0.1, 0.15) is 29.9 Å². The van der Waals surface area contributed by atoms with Gasteiger partial charge in [-0.15, -0.1) is 0 Å². The van der Waals surface area contributed by atoms with Crippen LogP contribution in [0.2, 0.25) is 0 Å². The molecule has 0 radical (unpaired) electrons. The fraction of sp³-hybridized carbons (Fsp3) is 0.333. The van der Waals surface area contributed by atoms with Crippen molar-refractivity contribution < 1.29 is 9.59 Å². The van der Waals surface area contributed by atoms with Crippen LogP contribution in [0.4, 0.5) is 0 Å². The van der Waals surface area contributed by atoms with E-state index in [1.54, 1.807) is 0 Å². The molecule has 0 aliphatic carbocycles. The highest BCUT2D eigenvalue weighted by Crippen LogP contribution is 2.24. The maximum Gasteiger partial charge on any atom is 0.240 e. The summed E-state index contributed by atoms with van der Waals surface area (Å²) in [4.78, 5) is 23.1. The molecule has 100 valence electrons. The zero-order valence-corrected chi connectivity index (χ0v) is 11.4. The summed E-state index contributed by atoms with van der Waals surface area (Å²) in [5.41, 5.74) is 2.41. The van der Waals surface area contributed by atoms with E-state index in [9.17, 15) is 9.59 Å². The Morgan fingerprint density at radius 3 is 2.68 bits per heavy atom. The van der Waals surface area contributed by atoms with E-state index < -0.39 is 0 Å². The number of para-hydroxylation sites is 1. The highest BCUT2D eigenvalue weighted by molar-refractivity contribution is 5.99. The third-order valence-electron chi connectivity index (χ3n) is 3.15. The van der Waals surface area contributed by atoms with Gasteiger partial charge in [-0.1, -0.05) is 18.2 Å². The number of nitrogens with zero attached hydrogens (tertiary/aromatic N) is 1. The van der Waals surface area contributed by atoms with E-state index in [1.165, 1.54) is 0 Å². The average molecular weight is 258 g/mol. The van der Waals surface area contributed by atoms with Crippen LogP contribution in [0.15, 0.2) is 24.3 Å². The Morgan fingerprint density at radius 1 is 1.37 bits per heavy atom. The largest absolute Gasteiger partial charge is 0.352 e. The lowest BCUT2D eigenvalue weighted by molar-refractivity contribution is -0.122. The van der Waals surface area contributed by atoms with Gasteiger partial charge in [-0.2, -0.15) is 0 Å². The molecule has 4 heteroatoms. The van der Waals surface area contributed by atoms with Crippen LogP contribution in [0.5, 0.6) is 0 Å². The lowest BCUT2D eigenvalue weighted by Crippen LogP contribution is -2.33. The summed E-state index contributed by atoms with van der Waals surface area (Å²) in [6.45, 7) is 5.95. The molecule has 0 atom stereocenters. The summed E-state index contributed by atoms with van der Waals surface area (Å²) in [5.74, 6) is -0.0451. The van der Waals surface area contributed by atoms with Gasteiger partial charge in [0.2, 0.25) is 5.91 Å². The third-order valence-corrected chi connectivity index (χ3v) is 3.15. The van der Waals surface area contributed by atoms with Crippen molar-refractivity contribution in [2.45, 2.75) is 33.4 Å². The summed E-state index contributed by atoms with van der Waals surface area (Å²) in [6.07, 6.45) is 0.856. The van der Waals surface area contributed by atoms with Gasteiger partial charge in [0.05, 0.1) is 0 Å². The van der Waals surface area contributed by atoms with Crippen LogP contribution in [0.25, 0.3) is 10.9 Å². The number of rotatable bonds is 4. The Morgan fingerprint density at radius 2 is 2.05 bits per heavy atom. The maximum absolute atomic E-state index is 11.9. The van der Waals surface area contributed by atoms with Gasteiger partial charge in [0.25, 0.3) is 0 Å². The van der Waals surface area contributed by atoms with Gasteiger partial charge in [-0.3, -0.25) is 9.59 Å². The van der Waals surface area contributed by atoms with Crippen molar-refractivity contribution in [3.8, 4) is 0 Å². The number of hydrogen-bond acceptors (Lipinski definition) is 2. The summed E-state index contributed by atoms with van der Waals surface area (Å²) in [7, 11) is 0. The number of nitrogens with one attached hydrogen (secondary N) is 1. The number of carbonyl (C=O) groups excluding carboxylic acids is 2. The molecule has 0 saturated carbocycles. The van der Waals surface area contributed by atoms with Gasteiger partial charge in [0, 0.05) is 28.2 Å². The third kappa shape index (κ3) is 2.52. The van der Waals surface area contributed by atoms with E-state index in [1.807, 2.05) is 49.6 Å². The second-order valence-corrected chi connectivity index (χ2v) is 4.94. The number of hydrogen-bond donors (Lipinski definition) is 1. The van der Waals surface area contributed by atoms with Gasteiger partial charge >= 0.3 is 0 Å². The molecule has 0 bridgehead atoms. The van der Waals surface area contributed by atoms with Crippen molar-refractivity contribution in [2.75, 3.05) is 0 Å². The molecule has 1 aromatic carbocycles. The number of aldehydes is 1. The van der Waals surface area contributed by atoms with Crippen LogP contribution in [0, 0.1) is 6.92 Å². The predicted molar refractivity (Wildman–Crippen MR) is 75.3 cm³/mol. The average Bonchev–Trinajstić information content (AvgIpc) is 2.61. The van der Waals surface area contributed by atoms with Crippen molar-refractivity contribution >= 4 is 23.1 Å². The highest BCUT2D eigenvalue weighted by atomic mass is 16.2. The zero-order valence-electron chi connectivity index (χ0n) is 11.4. The Bertz CT molecular complexity index is 626. The van der Waals surface area contributed by atoms with E-state index in [4.69, 9.17) is 0 Å². The minimum Gasteiger partial charge on any atom is -0.352 e. The monoisotopic (exact) mass is 258 g/mol. The molecule has 4 nitrogen and oxygen atoms in total. The normalized spacial score (nSPS) is 10.9. The van der Waals surface area contributed by atoms with Crippen molar-refractivity contribution in [2.24, 2.45) is 0 Å². The molecule has 1 heterocycles. The predicted octanol–water partition coefficient (Wildman–Crippen LogP) is 2.29. The highest BCUT2D eigenvalue weighted by Gasteiger charge is 2.15. The van der Waals surface area contributed by atoms with E-state index in [-0.39, 0.29) is 18.5 Å². The SMILES string of the molecule is Cc1c(C=O)c2ccccc2n1CC(=O)NC(C)C. The van der Waals surface area contributed by atoms with Crippen LogP contribution < -0.4 is 5.32 Å². The maximum atomic E-state index is 11.9. The van der Waals surface area contributed by atoms with Gasteiger partial charge in [0.15, 0.2) is 6.29 Å². The van der Waals surface area contributed by atoms with E-state index in [0.29, 0.717) is 5.56 Å².